The Morgan fingerprint density at radius 1 is 0.228 bits per heavy atom. The molecule has 0 aliphatic heterocycles. The molecule has 8 aromatic carbocycles. The van der Waals surface area contributed by atoms with Crippen LogP contribution in [0, 0.1) is 11.8 Å². The molecule has 9 aliphatic carbocycles. The monoisotopic (exact) mass is 2010 g/mol. The van der Waals surface area contributed by atoms with Crippen molar-refractivity contribution >= 4 is 122 Å². The Morgan fingerprint density at radius 3 is 0.638 bits per heavy atom. The van der Waals surface area contributed by atoms with E-state index in [1.54, 1.807) is 0 Å². The Hall–Kier alpha value is -3.18. The second-order valence-electron chi connectivity index (χ2n) is 36.6. The predicted molar refractivity (Wildman–Crippen MR) is 531 cm³/mol. The summed E-state index contributed by atoms with van der Waals surface area (Å²) in [5, 5.41) is 44.8. The number of phenols is 4. The van der Waals surface area contributed by atoms with Crippen LogP contribution in [-0.2, 0) is 68.1 Å². The molecule has 8 nitrogen and oxygen atoms in total. The van der Waals surface area contributed by atoms with Crippen molar-refractivity contribution in [3.8, 4) is 23.0 Å². The molecule has 0 heterocycles. The number of rotatable bonds is 16. The molecule has 0 amide bonds. The predicted octanol–water partition coefficient (Wildman–Crippen LogP) is 36.7. The summed E-state index contributed by atoms with van der Waals surface area (Å²) in [6.45, 7) is 0. The fraction of sp³-hybridized carbons (Fsp3) is 0.514. The maximum atomic E-state index is 11.3. The molecule has 9 fully saturated rings. The summed E-state index contributed by atoms with van der Waals surface area (Å²) < 4.78 is 0. The zero-order valence-corrected chi connectivity index (χ0v) is 87.0. The summed E-state index contributed by atoms with van der Waals surface area (Å²) in [7, 11) is 39.1. The van der Waals surface area contributed by atoms with Crippen LogP contribution in [0.5, 0.6) is 23.0 Å². The van der Waals surface area contributed by atoms with Gasteiger partial charge in [-0.15, -0.1) is 0 Å². The molecule has 127 heavy (non-hydrogen) atoms. The van der Waals surface area contributed by atoms with Gasteiger partial charge < -0.3 is 20.4 Å². The van der Waals surface area contributed by atoms with Gasteiger partial charge in [-0.3, -0.25) is 20.0 Å². The molecular formula is C107H136Cl8N4O4Ti4. The van der Waals surface area contributed by atoms with Crippen LogP contribution in [0.3, 0.4) is 0 Å². The molecule has 0 radical (unpaired) electrons. The van der Waals surface area contributed by atoms with E-state index >= 15 is 0 Å². The number of phenolic OH excluding ortho intramolecular Hbond substituents is 4. The summed E-state index contributed by atoms with van der Waals surface area (Å²) in [6.07, 6.45) is 66.3. The Balaban J connectivity index is 0.000000169. The van der Waals surface area contributed by atoms with E-state index in [0.29, 0.717) is 70.3 Å². The second-order valence-corrected chi connectivity index (χ2v) is 46.9. The average molecular weight is 2020 g/mol. The van der Waals surface area contributed by atoms with E-state index in [2.05, 4.69) is 68.5 Å². The number of para-hydroxylation sites is 4. The molecule has 3 atom stereocenters. The van der Waals surface area contributed by atoms with Gasteiger partial charge in [0.05, 0.1) is 22.7 Å². The molecule has 0 saturated heterocycles. The van der Waals surface area contributed by atoms with E-state index in [0.717, 1.165) is 56.8 Å². The fourth-order valence-electron chi connectivity index (χ4n) is 21.7. The van der Waals surface area contributed by atoms with E-state index in [9.17, 15) is 20.4 Å². The number of hydrogen-bond donors (Lipinski definition) is 4. The summed E-state index contributed by atoms with van der Waals surface area (Å²) in [5.74, 6) is 8.12. The standard InChI is InChI=1S/C28H37NO.C27H35NO.C26H31NO.C26H33NO.8ClH.4Ti/c30-28-25(21-29-26-17-11-6-12-18-26)19-24(22-13-9-5-10-14-22)20-27(28)23-15-7-3-1-2-4-8-16-23;29-27-24(20-28-25-16-10-5-11-17-25)18-23(21-12-8-4-9-13-21)19-26(27)22-14-6-2-1-3-7-15-22;28-26-22(17-27-23-9-5-2-6-10-23)15-21(19-7-3-1-4-8-19)16-25(26)24-14-18-11-12-20(24)13-18;28-26-23(19-27-24-15-9-4-10-16-24)17-22(20-11-7-3-8-12-20)18-25(26)21-13-5-1-2-6-14-21;;;;;;;;;;;;/h6,11-12,17-23,30H,1-5,7-10,13-16H2;5,10-11,16-22,29H,1-4,6-9,12-15H2;2,5-6,9-10,15-20,24,28H,1,3-4,7-8,11-14H2;4,9-10,15-21,28H,1-3,5-8,11-14H2;8*1H;;;;/q;;;;;;;;;;;;4*+2/p-8. The van der Waals surface area contributed by atoms with Crippen LogP contribution in [0.2, 0.25) is 0 Å². The first kappa shape index (κ1) is 106. The van der Waals surface area contributed by atoms with Crippen LogP contribution < -0.4 is 0 Å². The minimum atomic E-state index is -0.556. The number of hydrogen-bond acceptors (Lipinski definition) is 8. The zero-order chi connectivity index (χ0) is 89.4. The molecule has 0 spiro atoms. The Kier molecular flexibility index (Phi) is 51.5. The van der Waals surface area contributed by atoms with Gasteiger partial charge in [-0.2, -0.15) is 0 Å². The van der Waals surface area contributed by atoms with Crippen LogP contribution in [0.15, 0.2) is 190 Å². The van der Waals surface area contributed by atoms with Gasteiger partial charge in [0.2, 0.25) is 0 Å². The van der Waals surface area contributed by atoms with Gasteiger partial charge in [0.25, 0.3) is 0 Å². The van der Waals surface area contributed by atoms with Crippen LogP contribution in [0.25, 0.3) is 0 Å². The number of halogens is 8. The Morgan fingerprint density at radius 2 is 0.425 bits per heavy atom. The molecule has 9 aliphatic rings. The van der Waals surface area contributed by atoms with Gasteiger partial charge in [-0.25, -0.2) is 0 Å². The van der Waals surface area contributed by atoms with E-state index in [1.165, 1.54) is 333 Å². The molecule has 20 heteroatoms. The topological polar surface area (TPSA) is 130 Å². The van der Waals surface area contributed by atoms with Gasteiger partial charge in [-0.1, -0.05) is 277 Å². The van der Waals surface area contributed by atoms with Crippen molar-refractivity contribution in [3.05, 3.63) is 237 Å². The van der Waals surface area contributed by atoms with E-state index in [1.807, 2.05) is 146 Å². The maximum absolute atomic E-state index is 11.3. The minimum absolute atomic E-state index is 0.464. The van der Waals surface area contributed by atoms with Gasteiger partial charge in [0, 0.05) is 47.1 Å². The number of aliphatic imine (C=N–C) groups is 4. The molecular weight excluding hydrogens is 1880 g/mol. The zero-order valence-electron chi connectivity index (χ0n) is 74.7. The Bertz CT molecular complexity index is 4500. The van der Waals surface area contributed by atoms with Gasteiger partial charge in [0.1, 0.15) is 23.0 Å². The molecule has 3 unspecified atom stereocenters. The first-order chi connectivity index (χ1) is 62.4. The molecule has 0 aromatic heterocycles. The third-order valence-electron chi connectivity index (χ3n) is 28.3. The number of aromatic hydroxyl groups is 4. The molecule has 680 valence electrons. The van der Waals surface area contributed by atoms with Crippen molar-refractivity contribution in [2.45, 2.75) is 336 Å². The first-order valence-electron chi connectivity index (χ1n) is 48.1. The Labute approximate surface area is 829 Å². The van der Waals surface area contributed by atoms with Crippen LogP contribution >= 0.6 is 74.4 Å². The molecule has 2 bridgehead atoms. The van der Waals surface area contributed by atoms with Crippen LogP contribution in [0.4, 0.5) is 22.7 Å². The van der Waals surface area contributed by atoms with Crippen molar-refractivity contribution in [1.29, 1.82) is 0 Å². The summed E-state index contributed by atoms with van der Waals surface area (Å²) in [5.41, 5.74) is 17.8. The first-order valence-corrected chi connectivity index (χ1v) is 65.2. The third kappa shape index (κ3) is 35.8. The number of fused-ring (bicyclic) bond motifs is 2. The van der Waals surface area contributed by atoms with E-state index in [4.69, 9.17) is 74.4 Å². The van der Waals surface area contributed by atoms with Crippen molar-refractivity contribution < 1.29 is 88.6 Å². The van der Waals surface area contributed by atoms with E-state index < -0.39 is 68.1 Å². The SMILES string of the molecule is Oc1c(C=Nc2ccccc2)cc(C2CCCCC2)cc1C1CC2CCC1C2.Oc1c(C=Nc2ccccc2)cc(C2CCCCC2)cc1C1CCCCCC1.Oc1c(C=Nc2ccccc2)cc(C2CCCCC2)cc1C1CCCCCCC1.Oc1c(C=Nc2ccccc2)cc(C2CCCCC2)cc1C1CCCCCCCC1.[Cl][Ti][Cl].[Cl][Ti][Cl].[Cl][Ti][Cl].[Cl][Ti][Cl]. The summed E-state index contributed by atoms with van der Waals surface area (Å²) >= 11 is -2.22. The molecule has 9 saturated carbocycles. The molecule has 17 rings (SSSR count). The van der Waals surface area contributed by atoms with Gasteiger partial charge in [0.15, 0.2) is 0 Å². The second kappa shape index (κ2) is 61.7. The van der Waals surface area contributed by atoms with Crippen LogP contribution in [-0.4, -0.2) is 45.3 Å². The summed E-state index contributed by atoms with van der Waals surface area (Å²) in [6, 6.07) is 58.4. The molecule has 4 N–H and O–H groups in total. The fourth-order valence-corrected chi connectivity index (χ4v) is 21.7. The average Bonchev–Trinajstić information content (AvgIpc) is 1.63. The molecule has 8 aromatic rings. The van der Waals surface area contributed by atoms with E-state index in [-0.39, 0.29) is 0 Å². The van der Waals surface area contributed by atoms with Gasteiger partial charge >= 0.3 is 143 Å². The van der Waals surface area contributed by atoms with Gasteiger partial charge in [-0.05, 0) is 286 Å². The van der Waals surface area contributed by atoms with Crippen molar-refractivity contribution in [2.24, 2.45) is 31.8 Å². The third-order valence-corrected chi connectivity index (χ3v) is 28.3. The summed E-state index contributed by atoms with van der Waals surface area (Å²) in [4.78, 5) is 18.6. The van der Waals surface area contributed by atoms with Crippen molar-refractivity contribution in [3.63, 3.8) is 0 Å². The number of benzene rings is 8. The normalized spacial score (nSPS) is 20.1. The van der Waals surface area contributed by atoms with Crippen molar-refractivity contribution in [2.75, 3.05) is 0 Å². The quantitative estimate of drug-likeness (QED) is 0.0436. The van der Waals surface area contributed by atoms with Crippen molar-refractivity contribution in [1.82, 2.24) is 0 Å². The number of nitrogens with zero attached hydrogens (tertiary/aromatic N) is 4. The van der Waals surface area contributed by atoms with Crippen LogP contribution in [0.1, 0.15) is 403 Å².